The molecule has 0 unspecified atom stereocenters. The predicted octanol–water partition coefficient (Wildman–Crippen LogP) is 6.66. The largest absolute Gasteiger partial charge is 0.354 e. The maximum absolute atomic E-state index is 5.03. The summed E-state index contributed by atoms with van der Waals surface area (Å²) in [6, 6.07) is 25.1. The van der Waals surface area contributed by atoms with E-state index in [1.54, 1.807) is 11.3 Å². The molecule has 0 amide bonds. The van der Waals surface area contributed by atoms with Gasteiger partial charge in [0.15, 0.2) is 0 Å². The van der Waals surface area contributed by atoms with Gasteiger partial charge in [0.1, 0.15) is 11.0 Å². The Morgan fingerprint density at radius 1 is 0.643 bits per heavy atom. The van der Waals surface area contributed by atoms with Crippen LogP contribution in [0.3, 0.4) is 0 Å². The van der Waals surface area contributed by atoms with E-state index in [-0.39, 0.29) is 0 Å². The van der Waals surface area contributed by atoms with Crippen LogP contribution in [0.25, 0.3) is 55.4 Å². The lowest BCUT2D eigenvalue weighted by molar-refractivity contribution is 1.31. The Morgan fingerprint density at radius 3 is 2.21 bits per heavy atom. The van der Waals surface area contributed by atoms with Gasteiger partial charge in [-0.15, -0.1) is 11.3 Å². The van der Waals surface area contributed by atoms with Crippen LogP contribution in [0.1, 0.15) is 0 Å². The molecule has 6 aromatic rings. The highest BCUT2D eigenvalue weighted by molar-refractivity contribution is 7.09. The van der Waals surface area contributed by atoms with Gasteiger partial charge in [0.25, 0.3) is 0 Å². The van der Waals surface area contributed by atoms with Crippen LogP contribution in [-0.4, -0.2) is 15.0 Å². The van der Waals surface area contributed by atoms with Gasteiger partial charge in [0.05, 0.1) is 16.9 Å². The van der Waals surface area contributed by atoms with Crippen LogP contribution in [-0.2, 0) is 0 Å². The molecular formula is C24H15N3S. The van der Waals surface area contributed by atoms with E-state index in [0.29, 0.717) is 0 Å². The molecule has 3 nitrogen and oxygen atoms in total. The van der Waals surface area contributed by atoms with Gasteiger partial charge in [0.2, 0.25) is 0 Å². The first kappa shape index (κ1) is 15.5. The van der Waals surface area contributed by atoms with E-state index in [2.05, 4.69) is 70.3 Å². The van der Waals surface area contributed by atoms with Gasteiger partial charge in [-0.05, 0) is 6.07 Å². The molecule has 0 saturated carbocycles. The maximum atomic E-state index is 5.03. The van der Waals surface area contributed by atoms with E-state index < -0.39 is 0 Å². The molecule has 4 heteroatoms. The van der Waals surface area contributed by atoms with Crippen LogP contribution in [0.4, 0.5) is 0 Å². The lowest BCUT2D eigenvalue weighted by Crippen LogP contribution is -1.94. The van der Waals surface area contributed by atoms with Crippen LogP contribution in [0, 0.1) is 0 Å². The minimum Gasteiger partial charge on any atom is -0.354 e. The number of aromatic amines is 1. The van der Waals surface area contributed by atoms with Crippen molar-refractivity contribution in [2.24, 2.45) is 0 Å². The topological polar surface area (TPSA) is 41.6 Å². The van der Waals surface area contributed by atoms with Crippen molar-refractivity contribution in [1.82, 2.24) is 15.0 Å². The molecule has 0 bridgehead atoms. The number of benzene rings is 3. The van der Waals surface area contributed by atoms with E-state index in [4.69, 9.17) is 9.97 Å². The Balaban J connectivity index is 1.73. The monoisotopic (exact) mass is 377 g/mol. The molecule has 0 spiro atoms. The molecular weight excluding hydrogens is 362 g/mol. The molecule has 132 valence electrons. The summed E-state index contributed by atoms with van der Waals surface area (Å²) in [5, 5.41) is 6.55. The Kier molecular flexibility index (Phi) is 3.34. The first-order valence-corrected chi connectivity index (χ1v) is 10.1. The molecule has 0 atom stereocenters. The van der Waals surface area contributed by atoms with E-state index in [1.165, 1.54) is 10.8 Å². The van der Waals surface area contributed by atoms with Crippen LogP contribution >= 0.6 is 11.3 Å². The fourth-order valence-electron chi connectivity index (χ4n) is 3.85. The molecule has 3 aromatic heterocycles. The Bertz CT molecular complexity index is 1460. The van der Waals surface area contributed by atoms with Crippen molar-refractivity contribution in [3.63, 3.8) is 0 Å². The van der Waals surface area contributed by atoms with E-state index in [9.17, 15) is 0 Å². The lowest BCUT2D eigenvalue weighted by atomic mass is 10.0. The average molecular weight is 377 g/mol. The number of H-pyrrole nitrogens is 1. The van der Waals surface area contributed by atoms with Gasteiger partial charge >= 0.3 is 0 Å². The number of para-hydroxylation sites is 2. The number of thiophene rings is 1. The number of aromatic nitrogens is 3. The standard InChI is InChI=1S/C24H15N3S/c1-2-7-15(8-3-1)22-24(27-21-14-28-13-20(21)26-22)18-11-6-10-17-16-9-4-5-12-19(16)25-23(17)18/h1-14,25H. The molecule has 3 heterocycles. The smallest absolute Gasteiger partial charge is 0.100 e. The molecule has 3 aromatic carbocycles. The molecule has 0 saturated heterocycles. The van der Waals surface area contributed by atoms with Gasteiger partial charge < -0.3 is 4.98 Å². The minimum atomic E-state index is 0.911. The van der Waals surface area contributed by atoms with Crippen LogP contribution < -0.4 is 0 Å². The molecule has 1 N–H and O–H groups in total. The number of fused-ring (bicyclic) bond motifs is 4. The highest BCUT2D eigenvalue weighted by Crippen LogP contribution is 2.37. The third kappa shape index (κ3) is 2.28. The summed E-state index contributed by atoms with van der Waals surface area (Å²) in [7, 11) is 0. The Morgan fingerprint density at radius 2 is 1.36 bits per heavy atom. The number of nitrogens with zero attached hydrogens (tertiary/aromatic N) is 2. The predicted molar refractivity (Wildman–Crippen MR) is 118 cm³/mol. The lowest BCUT2D eigenvalue weighted by Gasteiger charge is -2.10. The summed E-state index contributed by atoms with van der Waals surface area (Å²) in [6.07, 6.45) is 0. The molecule has 28 heavy (non-hydrogen) atoms. The SMILES string of the molecule is c1ccc(-c2nc3cscc3nc2-c2cccc3c2[nH]c2ccccc23)cc1. The number of hydrogen-bond acceptors (Lipinski definition) is 3. The van der Waals surface area contributed by atoms with Gasteiger partial charge in [-0.3, -0.25) is 0 Å². The van der Waals surface area contributed by atoms with Crippen molar-refractivity contribution < 1.29 is 0 Å². The van der Waals surface area contributed by atoms with Crippen LogP contribution in [0.15, 0.2) is 83.6 Å². The van der Waals surface area contributed by atoms with Crippen LogP contribution in [0.2, 0.25) is 0 Å². The van der Waals surface area contributed by atoms with Gasteiger partial charge in [0, 0.05) is 38.2 Å². The van der Waals surface area contributed by atoms with Crippen molar-refractivity contribution >= 4 is 44.2 Å². The summed E-state index contributed by atoms with van der Waals surface area (Å²) in [5.41, 5.74) is 8.09. The van der Waals surface area contributed by atoms with Gasteiger partial charge in [-0.2, -0.15) is 0 Å². The summed E-state index contributed by atoms with van der Waals surface area (Å²) in [4.78, 5) is 13.6. The fourth-order valence-corrected chi connectivity index (χ4v) is 4.53. The number of nitrogens with one attached hydrogen (secondary N) is 1. The second-order valence-corrected chi connectivity index (χ2v) is 7.57. The Labute approximate surface area is 165 Å². The van der Waals surface area contributed by atoms with Gasteiger partial charge in [-0.1, -0.05) is 66.7 Å². The molecule has 0 aliphatic heterocycles. The summed E-state index contributed by atoms with van der Waals surface area (Å²) >= 11 is 1.64. The zero-order chi connectivity index (χ0) is 18.5. The quantitative estimate of drug-likeness (QED) is 0.366. The van der Waals surface area contributed by atoms with Gasteiger partial charge in [-0.25, -0.2) is 9.97 Å². The third-order valence-corrected chi connectivity index (χ3v) is 5.87. The fraction of sp³-hybridized carbons (Fsp3) is 0. The van der Waals surface area contributed by atoms with Crippen LogP contribution in [0.5, 0.6) is 0 Å². The molecule has 0 aliphatic rings. The number of hydrogen-bond donors (Lipinski definition) is 1. The first-order valence-electron chi connectivity index (χ1n) is 9.18. The van der Waals surface area contributed by atoms with E-state index in [1.807, 2.05) is 18.2 Å². The van der Waals surface area contributed by atoms with Crippen molar-refractivity contribution in [1.29, 1.82) is 0 Å². The van der Waals surface area contributed by atoms with Crippen molar-refractivity contribution in [3.8, 4) is 22.5 Å². The molecule has 6 rings (SSSR count). The molecule has 0 fully saturated rings. The summed E-state index contributed by atoms with van der Waals surface area (Å²) in [6.45, 7) is 0. The summed E-state index contributed by atoms with van der Waals surface area (Å²) in [5.74, 6) is 0. The summed E-state index contributed by atoms with van der Waals surface area (Å²) < 4.78 is 0. The maximum Gasteiger partial charge on any atom is 0.100 e. The second-order valence-electron chi connectivity index (χ2n) is 6.83. The zero-order valence-electron chi connectivity index (χ0n) is 14.9. The van der Waals surface area contributed by atoms with E-state index >= 15 is 0 Å². The van der Waals surface area contributed by atoms with E-state index in [0.717, 1.165) is 44.6 Å². The minimum absolute atomic E-state index is 0.911. The zero-order valence-corrected chi connectivity index (χ0v) is 15.7. The first-order chi connectivity index (χ1) is 13.9. The molecule has 0 aliphatic carbocycles. The van der Waals surface area contributed by atoms with Crippen molar-refractivity contribution in [3.05, 3.63) is 83.6 Å². The highest BCUT2D eigenvalue weighted by Gasteiger charge is 2.17. The normalized spacial score (nSPS) is 11.6. The third-order valence-electron chi connectivity index (χ3n) is 5.15. The highest BCUT2D eigenvalue weighted by atomic mass is 32.1. The van der Waals surface area contributed by atoms with Crippen molar-refractivity contribution in [2.75, 3.05) is 0 Å². The Hall–Kier alpha value is -3.50. The second kappa shape index (κ2) is 6.01. The molecule has 0 radical (unpaired) electrons. The average Bonchev–Trinajstić information content (AvgIpc) is 3.37. The van der Waals surface area contributed by atoms with Crippen molar-refractivity contribution in [2.45, 2.75) is 0 Å². The number of rotatable bonds is 2.